The number of fused-ring (bicyclic) bond motifs is 4. The van der Waals surface area contributed by atoms with Crippen LogP contribution in [0.3, 0.4) is 0 Å². The predicted molar refractivity (Wildman–Crippen MR) is 127 cm³/mol. The van der Waals surface area contributed by atoms with Crippen LogP contribution in [-0.4, -0.2) is 18.0 Å². The molecule has 8 heteroatoms. The van der Waals surface area contributed by atoms with E-state index in [1.54, 1.807) is 24.3 Å². The Morgan fingerprint density at radius 3 is 2.61 bits per heavy atom. The van der Waals surface area contributed by atoms with Crippen LogP contribution >= 0.6 is 0 Å². The first-order valence-corrected chi connectivity index (χ1v) is 11.3. The Morgan fingerprint density at radius 2 is 1.88 bits per heavy atom. The Labute approximate surface area is 188 Å². The van der Waals surface area contributed by atoms with Gasteiger partial charge in [0.1, 0.15) is 11.4 Å². The van der Waals surface area contributed by atoms with Crippen LogP contribution in [0, 0.1) is 19.3 Å². The van der Waals surface area contributed by atoms with Gasteiger partial charge in [0.15, 0.2) is 5.43 Å². The number of hydrogen-bond acceptors (Lipinski definition) is 4. The van der Waals surface area contributed by atoms with Crippen LogP contribution < -0.4 is 9.61 Å². The Bertz CT molecular complexity index is 1830. The van der Waals surface area contributed by atoms with E-state index in [0.717, 1.165) is 22.0 Å². The Hall–Kier alpha value is -4.09. The molecule has 0 bridgehead atoms. The molecule has 0 amide bonds. The molecule has 0 aliphatic carbocycles. The van der Waals surface area contributed by atoms with Crippen molar-refractivity contribution in [1.82, 2.24) is 9.55 Å². The van der Waals surface area contributed by atoms with Gasteiger partial charge in [-0.05, 0) is 60.0 Å². The second kappa shape index (κ2) is 7.22. The molecule has 0 saturated heterocycles. The van der Waals surface area contributed by atoms with Crippen molar-refractivity contribution in [2.45, 2.75) is 6.92 Å². The first kappa shape index (κ1) is 20.8. The van der Waals surface area contributed by atoms with Crippen LogP contribution in [0.4, 0.5) is 3.89 Å². The Balaban J connectivity index is 1.79. The van der Waals surface area contributed by atoms with Crippen molar-refractivity contribution in [3.8, 4) is 29.2 Å². The van der Waals surface area contributed by atoms with Crippen molar-refractivity contribution in [2.75, 3.05) is 0 Å². The SMILES string of the molecule is C#Cc1ccc2c(c1)[nH]c1c2c(=O)c2cc(C)c(-c3cccc(OS(=O)(=O)F)c3)cc2n1C. The van der Waals surface area contributed by atoms with Crippen molar-refractivity contribution in [3.05, 3.63) is 75.9 Å². The van der Waals surface area contributed by atoms with E-state index in [1.807, 2.05) is 36.7 Å². The molecular weight excluding hydrogens is 443 g/mol. The van der Waals surface area contributed by atoms with Gasteiger partial charge >= 0.3 is 10.5 Å². The lowest BCUT2D eigenvalue weighted by Gasteiger charge is -2.13. The zero-order valence-corrected chi connectivity index (χ0v) is 18.5. The first-order valence-electron chi connectivity index (χ1n) is 9.96. The van der Waals surface area contributed by atoms with Gasteiger partial charge in [-0.2, -0.15) is 8.42 Å². The minimum atomic E-state index is -5.14. The maximum atomic E-state index is 13.5. The normalized spacial score (nSPS) is 11.8. The number of aryl methyl sites for hydroxylation is 2. The largest absolute Gasteiger partial charge is 0.488 e. The summed E-state index contributed by atoms with van der Waals surface area (Å²) in [7, 11) is -3.28. The van der Waals surface area contributed by atoms with E-state index >= 15 is 0 Å². The van der Waals surface area contributed by atoms with Crippen LogP contribution in [0.5, 0.6) is 5.75 Å². The van der Waals surface area contributed by atoms with Gasteiger partial charge in [0.2, 0.25) is 0 Å². The number of aromatic nitrogens is 2. The molecule has 5 rings (SSSR count). The predicted octanol–water partition coefficient (Wildman–Crippen LogP) is 4.72. The molecule has 5 aromatic rings. The zero-order chi connectivity index (χ0) is 23.5. The van der Waals surface area contributed by atoms with Crippen molar-refractivity contribution in [2.24, 2.45) is 7.05 Å². The summed E-state index contributed by atoms with van der Waals surface area (Å²) >= 11 is 0. The van der Waals surface area contributed by atoms with Gasteiger partial charge in [-0.15, -0.1) is 6.42 Å². The van der Waals surface area contributed by atoms with Crippen molar-refractivity contribution in [3.63, 3.8) is 0 Å². The Kier molecular flexibility index (Phi) is 4.55. The van der Waals surface area contributed by atoms with Crippen LogP contribution in [0.15, 0.2) is 59.4 Å². The number of nitrogens with one attached hydrogen (secondary N) is 1. The molecule has 0 spiro atoms. The molecule has 0 aliphatic heterocycles. The summed E-state index contributed by atoms with van der Waals surface area (Å²) in [6.45, 7) is 1.85. The first-order chi connectivity index (χ1) is 15.7. The number of pyridine rings is 1. The van der Waals surface area contributed by atoms with E-state index in [2.05, 4.69) is 15.1 Å². The van der Waals surface area contributed by atoms with Crippen LogP contribution in [0.1, 0.15) is 11.1 Å². The topological polar surface area (TPSA) is 81.2 Å². The summed E-state index contributed by atoms with van der Waals surface area (Å²) in [6, 6.07) is 15.3. The summed E-state index contributed by atoms with van der Waals surface area (Å²) in [4.78, 5) is 16.8. The average Bonchev–Trinajstić information content (AvgIpc) is 3.15. The Morgan fingerprint density at radius 1 is 1.09 bits per heavy atom. The summed E-state index contributed by atoms with van der Waals surface area (Å²) < 4.78 is 41.0. The van der Waals surface area contributed by atoms with E-state index in [4.69, 9.17) is 6.42 Å². The smallest absolute Gasteiger partial charge is 0.358 e. The number of halogens is 1. The van der Waals surface area contributed by atoms with Gasteiger partial charge in [-0.1, -0.05) is 28.0 Å². The highest BCUT2D eigenvalue weighted by Gasteiger charge is 2.17. The molecule has 164 valence electrons. The molecule has 0 saturated carbocycles. The molecule has 0 fully saturated rings. The van der Waals surface area contributed by atoms with Gasteiger partial charge in [0.25, 0.3) is 0 Å². The van der Waals surface area contributed by atoms with Crippen LogP contribution in [-0.2, 0) is 17.6 Å². The number of rotatable bonds is 3. The quantitative estimate of drug-likeness (QED) is 0.312. The van der Waals surface area contributed by atoms with Gasteiger partial charge < -0.3 is 13.7 Å². The van der Waals surface area contributed by atoms with Gasteiger partial charge in [-0.25, -0.2) is 0 Å². The molecule has 0 atom stereocenters. The number of H-pyrrole nitrogens is 1. The summed E-state index contributed by atoms with van der Waals surface area (Å²) in [5.41, 5.74) is 4.90. The van der Waals surface area contributed by atoms with Gasteiger partial charge in [0.05, 0.1) is 10.9 Å². The van der Waals surface area contributed by atoms with E-state index in [-0.39, 0.29) is 11.2 Å². The van der Waals surface area contributed by atoms with Gasteiger partial charge in [0, 0.05) is 28.9 Å². The molecule has 2 heterocycles. The lowest BCUT2D eigenvalue weighted by molar-refractivity contribution is 0.440. The summed E-state index contributed by atoms with van der Waals surface area (Å²) in [5, 5.41) is 1.93. The molecule has 0 radical (unpaired) electrons. The van der Waals surface area contributed by atoms with Crippen molar-refractivity contribution in [1.29, 1.82) is 0 Å². The molecule has 0 aliphatic rings. The minimum absolute atomic E-state index is 0.104. The molecular formula is C25H17FN2O4S. The second-order valence-electron chi connectivity index (χ2n) is 7.83. The molecule has 3 aromatic carbocycles. The molecule has 1 N–H and O–H groups in total. The third-order valence-electron chi connectivity index (χ3n) is 5.80. The minimum Gasteiger partial charge on any atom is -0.358 e. The van der Waals surface area contributed by atoms with E-state index in [0.29, 0.717) is 33.1 Å². The van der Waals surface area contributed by atoms with Crippen molar-refractivity contribution >= 4 is 43.3 Å². The monoisotopic (exact) mass is 460 g/mol. The average molecular weight is 460 g/mol. The number of aromatic amines is 1. The number of terminal acetylenes is 1. The molecule has 0 unspecified atom stereocenters. The summed E-state index contributed by atoms with van der Waals surface area (Å²) in [6.07, 6.45) is 5.52. The van der Waals surface area contributed by atoms with Crippen molar-refractivity contribution < 1.29 is 16.5 Å². The van der Waals surface area contributed by atoms with Gasteiger partial charge in [-0.3, -0.25) is 4.79 Å². The maximum absolute atomic E-state index is 13.5. The fraction of sp³-hybridized carbons (Fsp3) is 0.0800. The fourth-order valence-electron chi connectivity index (χ4n) is 4.31. The molecule has 33 heavy (non-hydrogen) atoms. The number of benzene rings is 3. The third-order valence-corrected chi connectivity index (χ3v) is 6.19. The number of nitrogens with zero attached hydrogens (tertiary/aromatic N) is 1. The van der Waals surface area contributed by atoms with Crippen LogP contribution in [0.2, 0.25) is 0 Å². The summed E-state index contributed by atoms with van der Waals surface area (Å²) in [5.74, 6) is 2.46. The highest BCUT2D eigenvalue weighted by atomic mass is 32.3. The fourth-order valence-corrected chi connectivity index (χ4v) is 4.64. The van der Waals surface area contributed by atoms with Crippen LogP contribution in [0.25, 0.3) is 44.0 Å². The lowest BCUT2D eigenvalue weighted by atomic mass is 9.97. The molecule has 6 nitrogen and oxygen atoms in total. The second-order valence-corrected chi connectivity index (χ2v) is 8.78. The standard InChI is InChI=1S/C25H17FN2O4S/c1-4-15-8-9-18-21(11-15)27-25-23(18)24(29)20-10-14(2)19(13-22(20)28(25)3)16-6-5-7-17(12-16)32-33(26,30)31/h1,5-13,27H,2-3H3. The van der Waals surface area contributed by atoms with E-state index < -0.39 is 10.5 Å². The third kappa shape index (κ3) is 3.43. The highest BCUT2D eigenvalue weighted by molar-refractivity contribution is 7.81. The zero-order valence-electron chi connectivity index (χ0n) is 17.6. The van der Waals surface area contributed by atoms with E-state index in [1.165, 1.54) is 12.1 Å². The lowest BCUT2D eigenvalue weighted by Crippen LogP contribution is -2.09. The highest BCUT2D eigenvalue weighted by Crippen LogP contribution is 2.32. The number of hydrogen-bond donors (Lipinski definition) is 1. The maximum Gasteiger partial charge on any atom is 0.488 e. The van der Waals surface area contributed by atoms with E-state index in [9.17, 15) is 17.1 Å². The molecule has 2 aromatic heterocycles.